The molecule has 5 nitrogen and oxygen atoms in total. The second-order valence-corrected chi connectivity index (χ2v) is 6.77. The third-order valence-corrected chi connectivity index (χ3v) is 4.80. The van der Waals surface area contributed by atoms with Gasteiger partial charge in [0.1, 0.15) is 5.82 Å². The Morgan fingerprint density at radius 3 is 2.42 bits per heavy atom. The summed E-state index contributed by atoms with van der Waals surface area (Å²) in [7, 11) is 0. The van der Waals surface area contributed by atoms with Crippen LogP contribution >= 0.6 is 0 Å². The summed E-state index contributed by atoms with van der Waals surface area (Å²) >= 11 is 0. The van der Waals surface area contributed by atoms with E-state index in [4.69, 9.17) is 5.10 Å². The molecule has 26 heavy (non-hydrogen) atoms. The second kappa shape index (κ2) is 7.04. The Hall–Kier alpha value is -3.08. The number of nitrogens with zero attached hydrogens (tertiary/aromatic N) is 2. The zero-order valence-corrected chi connectivity index (χ0v) is 14.8. The Kier molecular flexibility index (Phi) is 4.44. The van der Waals surface area contributed by atoms with Gasteiger partial charge in [-0.05, 0) is 44.0 Å². The molecule has 0 saturated heterocycles. The van der Waals surface area contributed by atoms with Crippen molar-refractivity contribution in [1.82, 2.24) is 9.78 Å². The topological polar surface area (TPSA) is 59.0 Å². The fourth-order valence-corrected chi connectivity index (χ4v) is 3.07. The van der Waals surface area contributed by atoms with Crippen LogP contribution in [0, 0.1) is 6.92 Å². The number of anilines is 2. The highest BCUT2D eigenvalue weighted by molar-refractivity contribution is 5.99. The van der Waals surface area contributed by atoms with Crippen LogP contribution in [-0.2, 0) is 0 Å². The highest BCUT2D eigenvalue weighted by Crippen LogP contribution is 2.37. The van der Waals surface area contributed by atoms with Crippen molar-refractivity contribution in [2.45, 2.75) is 32.1 Å². The summed E-state index contributed by atoms with van der Waals surface area (Å²) in [6.45, 7) is 2.02. The number of para-hydroxylation sites is 1. The van der Waals surface area contributed by atoms with Gasteiger partial charge in [-0.2, -0.15) is 5.10 Å². The van der Waals surface area contributed by atoms with E-state index in [1.54, 1.807) is 0 Å². The molecule has 5 heteroatoms. The van der Waals surface area contributed by atoms with Crippen LogP contribution in [0.1, 0.15) is 36.4 Å². The monoisotopic (exact) mass is 346 g/mol. The molecule has 2 amide bonds. The minimum Gasteiger partial charge on any atom is -0.308 e. The largest absolute Gasteiger partial charge is 0.324 e. The number of rotatable bonds is 4. The van der Waals surface area contributed by atoms with Gasteiger partial charge < -0.3 is 5.32 Å². The van der Waals surface area contributed by atoms with Crippen molar-refractivity contribution >= 4 is 17.5 Å². The first-order valence-corrected chi connectivity index (χ1v) is 8.99. The van der Waals surface area contributed by atoms with E-state index in [0.29, 0.717) is 11.7 Å². The molecule has 0 spiro atoms. The summed E-state index contributed by atoms with van der Waals surface area (Å²) < 4.78 is 1.81. The first kappa shape index (κ1) is 16.4. The Balaban J connectivity index is 1.57. The molecule has 0 atom stereocenters. The fourth-order valence-electron chi connectivity index (χ4n) is 3.07. The number of carbonyl (C=O) groups excluding carboxylic acids is 1. The van der Waals surface area contributed by atoms with Crippen LogP contribution in [0.3, 0.4) is 0 Å². The lowest BCUT2D eigenvalue weighted by Gasteiger charge is -2.22. The average Bonchev–Trinajstić information content (AvgIpc) is 2.99. The lowest BCUT2D eigenvalue weighted by Crippen LogP contribution is -2.21. The number of amides is 2. The van der Waals surface area contributed by atoms with Gasteiger partial charge in [0.2, 0.25) is 0 Å². The predicted molar refractivity (Wildman–Crippen MR) is 104 cm³/mol. The van der Waals surface area contributed by atoms with Crippen molar-refractivity contribution in [3.8, 4) is 5.69 Å². The van der Waals surface area contributed by atoms with Crippen molar-refractivity contribution in [2.75, 3.05) is 10.6 Å². The number of aromatic nitrogens is 2. The van der Waals surface area contributed by atoms with Crippen LogP contribution < -0.4 is 10.6 Å². The van der Waals surface area contributed by atoms with Gasteiger partial charge >= 0.3 is 6.03 Å². The minimum absolute atomic E-state index is 0.272. The third kappa shape index (κ3) is 3.47. The Morgan fingerprint density at radius 2 is 1.77 bits per heavy atom. The third-order valence-electron chi connectivity index (χ3n) is 4.80. The summed E-state index contributed by atoms with van der Waals surface area (Å²) in [6, 6.07) is 19.3. The van der Waals surface area contributed by atoms with Crippen LogP contribution in [0.4, 0.5) is 16.3 Å². The summed E-state index contributed by atoms with van der Waals surface area (Å²) in [4.78, 5) is 12.4. The van der Waals surface area contributed by atoms with Crippen LogP contribution in [0.5, 0.6) is 0 Å². The summed E-state index contributed by atoms with van der Waals surface area (Å²) in [6.07, 6.45) is 3.58. The van der Waals surface area contributed by atoms with Crippen LogP contribution in [0.2, 0.25) is 0 Å². The first-order valence-electron chi connectivity index (χ1n) is 8.99. The zero-order valence-electron chi connectivity index (χ0n) is 14.8. The minimum atomic E-state index is -0.272. The smallest absolute Gasteiger partial charge is 0.308 e. The highest BCUT2D eigenvalue weighted by atomic mass is 16.2. The van der Waals surface area contributed by atoms with Gasteiger partial charge in [-0.3, -0.25) is 5.32 Å². The van der Waals surface area contributed by atoms with Gasteiger partial charge in [-0.15, -0.1) is 0 Å². The molecular formula is C21H22N4O. The average molecular weight is 346 g/mol. The summed E-state index contributed by atoms with van der Waals surface area (Å²) in [5.74, 6) is 1.18. The van der Waals surface area contributed by atoms with E-state index >= 15 is 0 Å². The lowest BCUT2D eigenvalue weighted by molar-refractivity contribution is 0.262. The molecular weight excluding hydrogens is 324 g/mol. The molecule has 2 aromatic carbocycles. The van der Waals surface area contributed by atoms with E-state index in [2.05, 4.69) is 10.6 Å². The normalized spacial score (nSPS) is 13.9. The lowest BCUT2D eigenvalue weighted by atomic mass is 9.83. The molecule has 132 valence electrons. The number of nitrogens with one attached hydrogen (secondary N) is 2. The molecule has 2 N–H and O–H groups in total. The van der Waals surface area contributed by atoms with Crippen LogP contribution in [0.15, 0.2) is 60.7 Å². The molecule has 1 aromatic heterocycles. The van der Waals surface area contributed by atoms with Crippen molar-refractivity contribution < 1.29 is 4.79 Å². The molecule has 0 radical (unpaired) electrons. The fraction of sp³-hybridized carbons (Fsp3) is 0.238. The number of carbonyl (C=O) groups is 1. The maximum absolute atomic E-state index is 12.4. The molecule has 1 fully saturated rings. The van der Waals surface area contributed by atoms with Crippen molar-refractivity contribution in [1.29, 1.82) is 0 Å². The highest BCUT2D eigenvalue weighted by Gasteiger charge is 2.24. The van der Waals surface area contributed by atoms with E-state index in [9.17, 15) is 4.79 Å². The predicted octanol–water partition coefficient (Wildman–Crippen LogP) is 5.09. The van der Waals surface area contributed by atoms with Gasteiger partial charge in [0.25, 0.3) is 0 Å². The van der Waals surface area contributed by atoms with Crippen molar-refractivity contribution in [3.05, 3.63) is 71.9 Å². The SMILES string of the molecule is Cc1ccc(NC(=O)Nc2cc(C3CCC3)nn2-c2ccccc2)cc1. The van der Waals surface area contributed by atoms with Gasteiger partial charge in [0.05, 0.1) is 11.4 Å². The van der Waals surface area contributed by atoms with Crippen molar-refractivity contribution in [3.63, 3.8) is 0 Å². The van der Waals surface area contributed by atoms with Crippen LogP contribution in [-0.4, -0.2) is 15.8 Å². The molecule has 1 aliphatic rings. The van der Waals surface area contributed by atoms with E-state index in [-0.39, 0.29) is 6.03 Å². The van der Waals surface area contributed by atoms with E-state index < -0.39 is 0 Å². The van der Waals surface area contributed by atoms with Crippen molar-refractivity contribution in [2.24, 2.45) is 0 Å². The Bertz CT molecular complexity index is 896. The Labute approximate surface area is 153 Å². The number of urea groups is 1. The quantitative estimate of drug-likeness (QED) is 0.691. The van der Waals surface area contributed by atoms with E-state index in [1.807, 2.05) is 72.3 Å². The molecule has 0 unspecified atom stereocenters. The zero-order chi connectivity index (χ0) is 17.9. The van der Waals surface area contributed by atoms with E-state index in [0.717, 1.165) is 22.6 Å². The maximum atomic E-state index is 12.4. The molecule has 3 aromatic rings. The van der Waals surface area contributed by atoms with Gasteiger partial charge in [-0.1, -0.05) is 42.3 Å². The second-order valence-electron chi connectivity index (χ2n) is 6.77. The molecule has 1 saturated carbocycles. The maximum Gasteiger partial charge on any atom is 0.324 e. The number of benzene rings is 2. The number of hydrogen-bond donors (Lipinski definition) is 2. The molecule has 0 bridgehead atoms. The first-order chi connectivity index (χ1) is 12.7. The molecule has 1 heterocycles. The van der Waals surface area contributed by atoms with Gasteiger partial charge in [-0.25, -0.2) is 9.48 Å². The standard InChI is InChI=1S/C21H22N4O/c1-15-10-12-17(13-11-15)22-21(26)23-20-14-19(16-6-5-7-16)24-25(20)18-8-3-2-4-9-18/h2-4,8-14,16H,5-7H2,1H3,(H2,22,23,26). The molecule has 4 rings (SSSR count). The molecule has 1 aliphatic carbocycles. The summed E-state index contributed by atoms with van der Waals surface area (Å²) in [5, 5.41) is 10.6. The summed E-state index contributed by atoms with van der Waals surface area (Å²) in [5.41, 5.74) is 3.90. The van der Waals surface area contributed by atoms with E-state index in [1.165, 1.54) is 19.3 Å². The number of aryl methyl sites for hydroxylation is 1. The Morgan fingerprint density at radius 1 is 1.04 bits per heavy atom. The van der Waals surface area contributed by atoms with Gasteiger partial charge in [0.15, 0.2) is 0 Å². The van der Waals surface area contributed by atoms with Gasteiger partial charge in [0, 0.05) is 17.7 Å². The molecule has 0 aliphatic heterocycles. The number of hydrogen-bond acceptors (Lipinski definition) is 2. The van der Waals surface area contributed by atoms with Crippen LogP contribution in [0.25, 0.3) is 5.69 Å².